The van der Waals surface area contributed by atoms with Gasteiger partial charge in [-0.25, -0.2) is 4.98 Å². The van der Waals surface area contributed by atoms with Gasteiger partial charge in [0.15, 0.2) is 3.92 Å². The number of benzene rings is 1. The third-order valence-corrected chi connectivity index (χ3v) is 4.81. The maximum absolute atomic E-state index is 4.56. The first-order valence-electron chi connectivity index (χ1n) is 5.99. The molecule has 0 saturated heterocycles. The molecule has 0 bridgehead atoms. The molecule has 0 radical (unpaired) electrons. The van der Waals surface area contributed by atoms with Crippen LogP contribution in [0.2, 0.25) is 0 Å². The van der Waals surface area contributed by atoms with Crippen LogP contribution in [0.25, 0.3) is 11.3 Å². The van der Waals surface area contributed by atoms with Crippen LogP contribution in [0.4, 0.5) is 0 Å². The van der Waals surface area contributed by atoms with Gasteiger partial charge >= 0.3 is 0 Å². The predicted octanol–water partition coefficient (Wildman–Crippen LogP) is 4.76. The van der Waals surface area contributed by atoms with Crippen LogP contribution >= 0.6 is 27.3 Å². The molecule has 0 fully saturated rings. The van der Waals surface area contributed by atoms with Crippen molar-refractivity contribution in [1.29, 1.82) is 0 Å². The van der Waals surface area contributed by atoms with Crippen molar-refractivity contribution in [2.45, 2.75) is 32.6 Å². The second kappa shape index (κ2) is 4.54. The predicted molar refractivity (Wildman–Crippen MR) is 76.6 cm³/mol. The molecule has 1 aromatic heterocycles. The lowest BCUT2D eigenvalue weighted by atomic mass is 9.90. The fraction of sp³-hybridized carbons (Fsp3) is 0.357. The SMILES string of the molecule is Cc1sc(Br)nc1-c1ccc2c(c1)CCCC2. The Bertz CT molecular complexity index is 559. The summed E-state index contributed by atoms with van der Waals surface area (Å²) < 4.78 is 0.975. The van der Waals surface area contributed by atoms with Crippen molar-refractivity contribution in [3.63, 3.8) is 0 Å². The van der Waals surface area contributed by atoms with Gasteiger partial charge < -0.3 is 0 Å². The van der Waals surface area contributed by atoms with Crippen molar-refractivity contribution >= 4 is 27.3 Å². The molecule has 1 heterocycles. The van der Waals surface area contributed by atoms with Gasteiger partial charge in [0, 0.05) is 10.4 Å². The Morgan fingerprint density at radius 1 is 1.18 bits per heavy atom. The minimum Gasteiger partial charge on any atom is -0.229 e. The fourth-order valence-corrected chi connectivity index (χ4v) is 4.07. The third-order valence-electron chi connectivity index (χ3n) is 3.39. The first-order valence-corrected chi connectivity index (χ1v) is 7.60. The maximum atomic E-state index is 4.56. The van der Waals surface area contributed by atoms with Crippen molar-refractivity contribution in [3.8, 4) is 11.3 Å². The van der Waals surface area contributed by atoms with Crippen molar-refractivity contribution in [1.82, 2.24) is 4.98 Å². The van der Waals surface area contributed by atoms with Crippen LogP contribution in [-0.2, 0) is 12.8 Å². The zero-order valence-electron chi connectivity index (χ0n) is 9.79. The van der Waals surface area contributed by atoms with E-state index in [-0.39, 0.29) is 0 Å². The van der Waals surface area contributed by atoms with Crippen molar-refractivity contribution in [2.24, 2.45) is 0 Å². The summed E-state index contributed by atoms with van der Waals surface area (Å²) in [6.45, 7) is 2.14. The summed E-state index contributed by atoms with van der Waals surface area (Å²) in [7, 11) is 0. The average Bonchev–Trinajstić information content (AvgIpc) is 2.68. The van der Waals surface area contributed by atoms with Crippen molar-refractivity contribution < 1.29 is 0 Å². The third kappa shape index (κ3) is 2.18. The van der Waals surface area contributed by atoms with Gasteiger partial charge in [-0.15, -0.1) is 11.3 Å². The number of thiazole rings is 1. The number of aryl methyl sites for hydroxylation is 3. The maximum Gasteiger partial charge on any atom is 0.160 e. The summed E-state index contributed by atoms with van der Waals surface area (Å²) in [5.41, 5.74) is 5.46. The van der Waals surface area contributed by atoms with E-state index in [1.54, 1.807) is 11.3 Å². The molecule has 0 amide bonds. The van der Waals surface area contributed by atoms with Crippen LogP contribution in [0.3, 0.4) is 0 Å². The summed E-state index contributed by atoms with van der Waals surface area (Å²) in [6, 6.07) is 6.85. The molecule has 1 aromatic carbocycles. The van der Waals surface area contributed by atoms with E-state index in [2.05, 4.69) is 46.0 Å². The fourth-order valence-electron chi connectivity index (χ4n) is 2.51. The van der Waals surface area contributed by atoms with Gasteiger partial charge in [-0.05, 0) is 65.7 Å². The summed E-state index contributed by atoms with van der Waals surface area (Å²) >= 11 is 5.17. The lowest BCUT2D eigenvalue weighted by Gasteiger charge is -2.16. The molecular weight excluding hydrogens is 294 g/mol. The Kier molecular flexibility index (Phi) is 3.05. The molecule has 1 aliphatic carbocycles. The van der Waals surface area contributed by atoms with Crippen molar-refractivity contribution in [2.75, 3.05) is 0 Å². The second-order valence-electron chi connectivity index (χ2n) is 4.56. The zero-order chi connectivity index (χ0) is 11.8. The number of aromatic nitrogens is 1. The smallest absolute Gasteiger partial charge is 0.160 e. The normalized spacial score (nSPS) is 14.7. The van der Waals surface area contributed by atoms with E-state index in [0.717, 1.165) is 9.61 Å². The molecule has 17 heavy (non-hydrogen) atoms. The Hall–Kier alpha value is -0.670. The molecule has 1 nitrogen and oxygen atoms in total. The highest BCUT2D eigenvalue weighted by atomic mass is 79.9. The molecule has 88 valence electrons. The minimum absolute atomic E-state index is 0.975. The van der Waals surface area contributed by atoms with Gasteiger partial charge in [-0.2, -0.15) is 0 Å². The van der Waals surface area contributed by atoms with Crippen LogP contribution in [-0.4, -0.2) is 4.98 Å². The molecular formula is C14H14BrNS. The van der Waals surface area contributed by atoms with Crippen LogP contribution in [0.5, 0.6) is 0 Å². The number of fused-ring (bicyclic) bond motifs is 1. The van der Waals surface area contributed by atoms with Gasteiger partial charge in [0.2, 0.25) is 0 Å². The Labute approximate surface area is 114 Å². The number of nitrogens with zero attached hydrogens (tertiary/aromatic N) is 1. The topological polar surface area (TPSA) is 12.9 Å². The number of hydrogen-bond donors (Lipinski definition) is 0. The average molecular weight is 308 g/mol. The van der Waals surface area contributed by atoms with E-state index in [1.165, 1.54) is 47.3 Å². The molecule has 2 aromatic rings. The lowest BCUT2D eigenvalue weighted by Crippen LogP contribution is -2.02. The van der Waals surface area contributed by atoms with E-state index < -0.39 is 0 Å². The highest BCUT2D eigenvalue weighted by Crippen LogP contribution is 2.32. The van der Waals surface area contributed by atoms with E-state index >= 15 is 0 Å². The number of halogens is 1. The first kappa shape index (κ1) is 11.4. The van der Waals surface area contributed by atoms with Crippen LogP contribution in [0.1, 0.15) is 28.8 Å². The van der Waals surface area contributed by atoms with E-state index in [1.807, 2.05) is 0 Å². The molecule has 0 spiro atoms. The molecule has 0 saturated carbocycles. The second-order valence-corrected chi connectivity index (χ2v) is 7.04. The lowest BCUT2D eigenvalue weighted by molar-refractivity contribution is 0.686. The summed E-state index contributed by atoms with van der Waals surface area (Å²) in [4.78, 5) is 5.85. The van der Waals surface area contributed by atoms with Crippen LogP contribution < -0.4 is 0 Å². The molecule has 0 aliphatic heterocycles. The molecule has 0 N–H and O–H groups in total. The monoisotopic (exact) mass is 307 g/mol. The summed E-state index contributed by atoms with van der Waals surface area (Å²) in [6.07, 6.45) is 5.15. The number of rotatable bonds is 1. The van der Waals surface area contributed by atoms with Gasteiger partial charge in [0.1, 0.15) is 0 Å². The minimum atomic E-state index is 0.975. The standard InChI is InChI=1S/C14H14BrNS/c1-9-13(16-14(15)17-9)12-7-6-10-4-2-3-5-11(10)8-12/h6-8H,2-5H2,1H3. The molecule has 0 atom stereocenters. The Balaban J connectivity index is 2.06. The summed E-state index contributed by atoms with van der Waals surface area (Å²) in [5.74, 6) is 0. The Morgan fingerprint density at radius 2 is 1.94 bits per heavy atom. The highest BCUT2D eigenvalue weighted by molar-refractivity contribution is 9.11. The van der Waals surface area contributed by atoms with Crippen LogP contribution in [0, 0.1) is 6.92 Å². The zero-order valence-corrected chi connectivity index (χ0v) is 12.2. The quantitative estimate of drug-likeness (QED) is 0.740. The molecule has 1 aliphatic rings. The summed E-state index contributed by atoms with van der Waals surface area (Å²) in [5, 5.41) is 0. The van der Waals surface area contributed by atoms with E-state index in [0.29, 0.717) is 0 Å². The highest BCUT2D eigenvalue weighted by Gasteiger charge is 2.13. The van der Waals surface area contributed by atoms with Crippen molar-refractivity contribution in [3.05, 3.63) is 38.1 Å². The van der Waals surface area contributed by atoms with Gasteiger partial charge in [0.05, 0.1) is 5.69 Å². The van der Waals surface area contributed by atoms with Gasteiger partial charge in [0.25, 0.3) is 0 Å². The van der Waals surface area contributed by atoms with Crippen LogP contribution in [0.15, 0.2) is 22.1 Å². The van der Waals surface area contributed by atoms with Gasteiger partial charge in [-0.1, -0.05) is 12.1 Å². The Morgan fingerprint density at radius 3 is 2.65 bits per heavy atom. The molecule has 3 heteroatoms. The molecule has 0 unspecified atom stereocenters. The molecule has 3 rings (SSSR count). The largest absolute Gasteiger partial charge is 0.229 e. The number of hydrogen-bond acceptors (Lipinski definition) is 2. The van der Waals surface area contributed by atoms with E-state index in [4.69, 9.17) is 0 Å². The first-order chi connectivity index (χ1) is 8.24. The van der Waals surface area contributed by atoms with Gasteiger partial charge in [-0.3, -0.25) is 0 Å². The van der Waals surface area contributed by atoms with E-state index in [9.17, 15) is 0 Å².